The molecule has 0 amide bonds. The van der Waals surface area contributed by atoms with Gasteiger partial charge in [-0.15, -0.1) is 0 Å². The molecule has 1 aromatic heterocycles. The van der Waals surface area contributed by atoms with Crippen LogP contribution in [0.1, 0.15) is 31.5 Å². The van der Waals surface area contributed by atoms with E-state index < -0.39 is 0 Å². The zero-order valence-electron chi connectivity index (χ0n) is 12.7. The number of ether oxygens (including phenoxy) is 2. The summed E-state index contributed by atoms with van der Waals surface area (Å²) in [4.78, 5) is 4.87. The number of nitrogens with zero attached hydrogens (tertiary/aromatic N) is 1. The molecule has 21 heavy (non-hydrogen) atoms. The summed E-state index contributed by atoms with van der Waals surface area (Å²) >= 11 is 0. The second kappa shape index (κ2) is 6.31. The second-order valence-corrected chi connectivity index (χ2v) is 5.25. The molecule has 0 saturated carbocycles. The molecule has 2 heterocycles. The van der Waals surface area contributed by atoms with Crippen molar-refractivity contribution in [2.45, 2.75) is 33.3 Å². The molecule has 1 aliphatic heterocycles. The molecule has 0 radical (unpaired) electrons. The fourth-order valence-electron chi connectivity index (χ4n) is 2.76. The van der Waals surface area contributed by atoms with Crippen molar-refractivity contribution in [1.29, 1.82) is 0 Å². The van der Waals surface area contributed by atoms with E-state index in [1.54, 1.807) is 0 Å². The first-order valence-corrected chi connectivity index (χ1v) is 7.74. The quantitative estimate of drug-likeness (QED) is 0.913. The van der Waals surface area contributed by atoms with Crippen LogP contribution in [0.25, 0.3) is 10.9 Å². The van der Waals surface area contributed by atoms with Crippen molar-refractivity contribution in [3.63, 3.8) is 0 Å². The minimum Gasteiger partial charge on any atom is -0.491 e. The molecule has 1 aliphatic rings. The third kappa shape index (κ3) is 2.68. The highest BCUT2D eigenvalue weighted by atomic mass is 16.5. The number of fused-ring (bicyclic) bond motifs is 2. The van der Waals surface area contributed by atoms with Crippen LogP contribution in [-0.4, -0.2) is 24.7 Å². The molecule has 4 nitrogen and oxygen atoms in total. The lowest BCUT2D eigenvalue weighted by Gasteiger charge is -2.22. The van der Waals surface area contributed by atoms with Crippen LogP contribution in [0.15, 0.2) is 18.2 Å². The topological polar surface area (TPSA) is 43.4 Å². The molecule has 0 saturated heterocycles. The normalized spacial score (nSPS) is 14.0. The Labute approximate surface area is 125 Å². The van der Waals surface area contributed by atoms with Crippen molar-refractivity contribution in [2.75, 3.05) is 25.1 Å². The van der Waals surface area contributed by atoms with Crippen LogP contribution in [0.5, 0.6) is 5.75 Å². The fourth-order valence-corrected chi connectivity index (χ4v) is 2.76. The second-order valence-electron chi connectivity index (χ2n) is 5.25. The van der Waals surface area contributed by atoms with Gasteiger partial charge in [0.15, 0.2) is 0 Å². The number of pyridine rings is 1. The van der Waals surface area contributed by atoms with Crippen LogP contribution >= 0.6 is 0 Å². The Hall–Kier alpha value is -1.81. The van der Waals surface area contributed by atoms with Crippen LogP contribution in [0.2, 0.25) is 0 Å². The van der Waals surface area contributed by atoms with Gasteiger partial charge in [0.1, 0.15) is 11.3 Å². The molecule has 0 aliphatic carbocycles. The van der Waals surface area contributed by atoms with Gasteiger partial charge in [0.05, 0.1) is 31.2 Å². The summed E-state index contributed by atoms with van der Waals surface area (Å²) < 4.78 is 11.5. The lowest BCUT2D eigenvalue weighted by atomic mass is 10.0. The first-order valence-electron chi connectivity index (χ1n) is 7.74. The molecule has 0 unspecified atom stereocenters. The number of aromatic nitrogens is 1. The summed E-state index contributed by atoms with van der Waals surface area (Å²) in [5.74, 6) is 0.878. The summed E-state index contributed by atoms with van der Waals surface area (Å²) in [7, 11) is 0. The maximum atomic E-state index is 5.87. The maximum Gasteiger partial charge on any atom is 0.145 e. The van der Waals surface area contributed by atoms with Gasteiger partial charge in [0, 0.05) is 23.9 Å². The van der Waals surface area contributed by atoms with Gasteiger partial charge in [-0.25, -0.2) is 4.98 Å². The van der Waals surface area contributed by atoms with Gasteiger partial charge >= 0.3 is 0 Å². The number of hydrogen-bond donors (Lipinski definition) is 1. The number of para-hydroxylation sites is 1. The number of hydrogen-bond acceptors (Lipinski definition) is 4. The van der Waals surface area contributed by atoms with E-state index in [-0.39, 0.29) is 0 Å². The van der Waals surface area contributed by atoms with Crippen LogP contribution in [0, 0.1) is 0 Å². The zero-order valence-corrected chi connectivity index (χ0v) is 12.7. The Balaban J connectivity index is 2.18. The summed E-state index contributed by atoms with van der Waals surface area (Å²) in [6.45, 7) is 7.21. The fraction of sp³-hybridized carbons (Fsp3) is 0.471. The molecular formula is C17H22N2O2. The van der Waals surface area contributed by atoms with Gasteiger partial charge in [-0.1, -0.05) is 19.1 Å². The molecule has 112 valence electrons. The first-order chi connectivity index (χ1) is 10.3. The molecule has 0 spiro atoms. The Bertz CT molecular complexity index is 640. The van der Waals surface area contributed by atoms with Gasteiger partial charge in [-0.2, -0.15) is 0 Å². The van der Waals surface area contributed by atoms with Crippen molar-refractivity contribution in [3.8, 4) is 5.75 Å². The molecule has 2 aromatic rings. The van der Waals surface area contributed by atoms with Crippen molar-refractivity contribution in [2.24, 2.45) is 0 Å². The van der Waals surface area contributed by atoms with Gasteiger partial charge < -0.3 is 14.8 Å². The van der Waals surface area contributed by atoms with E-state index in [0.29, 0.717) is 6.61 Å². The Morgan fingerprint density at radius 2 is 2.24 bits per heavy atom. The molecule has 1 N–H and O–H groups in total. The van der Waals surface area contributed by atoms with Crippen LogP contribution in [0.3, 0.4) is 0 Å². The molecule has 3 rings (SSSR count). The highest BCUT2D eigenvalue weighted by Gasteiger charge is 2.19. The van der Waals surface area contributed by atoms with Crippen LogP contribution < -0.4 is 10.1 Å². The smallest absolute Gasteiger partial charge is 0.145 e. The standard InChI is InChI=1S/C17H22N2O2/c1-3-9-21-15-7-5-6-12-16(18-4-2)13-11-20-10-8-14(13)19-17(12)15/h5-7H,3-4,8-11H2,1-2H3,(H,18,19). The van der Waals surface area contributed by atoms with Crippen LogP contribution in [-0.2, 0) is 17.8 Å². The average molecular weight is 286 g/mol. The average Bonchev–Trinajstić information content (AvgIpc) is 2.53. The molecule has 4 heteroatoms. The minimum atomic E-state index is 0.640. The largest absolute Gasteiger partial charge is 0.491 e. The molecule has 1 aromatic carbocycles. The lowest BCUT2D eigenvalue weighted by molar-refractivity contribution is 0.110. The molecule has 0 atom stereocenters. The highest BCUT2D eigenvalue weighted by molar-refractivity contribution is 5.96. The third-order valence-corrected chi connectivity index (χ3v) is 3.71. The van der Waals surface area contributed by atoms with Gasteiger partial charge in [0.2, 0.25) is 0 Å². The lowest BCUT2D eigenvalue weighted by Crippen LogP contribution is -2.15. The van der Waals surface area contributed by atoms with E-state index in [1.165, 1.54) is 5.56 Å². The van der Waals surface area contributed by atoms with Gasteiger partial charge in [-0.3, -0.25) is 0 Å². The van der Waals surface area contributed by atoms with E-state index in [9.17, 15) is 0 Å². The van der Waals surface area contributed by atoms with E-state index in [4.69, 9.17) is 14.5 Å². The molecular weight excluding hydrogens is 264 g/mol. The SMILES string of the molecule is CCCOc1cccc2c(NCC)c3c(nc12)CCOC3. The summed E-state index contributed by atoms with van der Waals surface area (Å²) in [5.41, 5.74) is 4.45. The van der Waals surface area contributed by atoms with Crippen molar-refractivity contribution in [3.05, 3.63) is 29.5 Å². The minimum absolute atomic E-state index is 0.640. The number of anilines is 1. The highest BCUT2D eigenvalue weighted by Crippen LogP contribution is 2.35. The number of benzene rings is 1. The maximum absolute atomic E-state index is 5.87. The summed E-state index contributed by atoms with van der Waals surface area (Å²) in [6.07, 6.45) is 1.86. The predicted octanol–water partition coefficient (Wildman–Crippen LogP) is 3.53. The van der Waals surface area contributed by atoms with Crippen molar-refractivity contribution in [1.82, 2.24) is 4.98 Å². The van der Waals surface area contributed by atoms with Gasteiger partial charge in [-0.05, 0) is 19.4 Å². The Morgan fingerprint density at radius 3 is 3.05 bits per heavy atom. The van der Waals surface area contributed by atoms with Crippen molar-refractivity contribution < 1.29 is 9.47 Å². The predicted molar refractivity (Wildman–Crippen MR) is 85.1 cm³/mol. The number of rotatable bonds is 5. The molecule has 0 fully saturated rings. The Kier molecular flexibility index (Phi) is 4.25. The summed E-state index contributed by atoms with van der Waals surface area (Å²) in [5, 5.41) is 4.61. The Morgan fingerprint density at radius 1 is 1.33 bits per heavy atom. The first kappa shape index (κ1) is 14.1. The van der Waals surface area contributed by atoms with Gasteiger partial charge in [0.25, 0.3) is 0 Å². The monoisotopic (exact) mass is 286 g/mol. The molecule has 0 bridgehead atoms. The van der Waals surface area contributed by atoms with E-state index >= 15 is 0 Å². The summed E-state index contributed by atoms with van der Waals surface area (Å²) in [6, 6.07) is 6.15. The third-order valence-electron chi connectivity index (χ3n) is 3.71. The van der Waals surface area contributed by atoms with E-state index in [2.05, 4.69) is 25.2 Å². The zero-order chi connectivity index (χ0) is 14.7. The van der Waals surface area contributed by atoms with Crippen LogP contribution in [0.4, 0.5) is 5.69 Å². The van der Waals surface area contributed by atoms with E-state index in [0.717, 1.165) is 60.6 Å². The number of nitrogens with one attached hydrogen (secondary N) is 1. The van der Waals surface area contributed by atoms with Crippen molar-refractivity contribution >= 4 is 16.6 Å². The van der Waals surface area contributed by atoms with E-state index in [1.807, 2.05) is 12.1 Å².